The topological polar surface area (TPSA) is 97.6 Å². The third-order valence-corrected chi connectivity index (χ3v) is 7.01. The first-order chi connectivity index (χ1) is 16.2. The second-order valence-electron chi connectivity index (χ2n) is 9.55. The number of piperidine rings is 1. The highest BCUT2D eigenvalue weighted by Gasteiger charge is 2.48. The number of nitrogens with one attached hydrogen (secondary N) is 2. The average Bonchev–Trinajstić information content (AvgIpc) is 2.70. The number of anilines is 3. The number of β-amino-alcohol motifs (C(OH)–C–C–N with tert-alkyl or cyclic N) is 1. The van der Waals surface area contributed by atoms with Crippen molar-refractivity contribution >= 4 is 23.5 Å². The van der Waals surface area contributed by atoms with Crippen LogP contribution in [0, 0.1) is 19.3 Å². The Morgan fingerprint density at radius 3 is 2.59 bits per heavy atom. The minimum atomic E-state index is -2.86. The van der Waals surface area contributed by atoms with E-state index in [-0.39, 0.29) is 18.7 Å². The van der Waals surface area contributed by atoms with Gasteiger partial charge in [-0.25, -0.2) is 18.7 Å². The Hall–Kier alpha value is -2.69. The number of aliphatic hydroxyl groups excluding tert-OH is 1. The van der Waals surface area contributed by atoms with E-state index in [9.17, 15) is 5.11 Å². The molecule has 3 aliphatic heterocycles. The lowest BCUT2D eigenvalue weighted by molar-refractivity contribution is -0.136. The molecule has 10 heteroatoms. The molecule has 3 fully saturated rings. The largest absolute Gasteiger partial charge is 0.389 e. The number of nitrogens with zero attached hydrogens (tertiary/aromatic N) is 4. The van der Waals surface area contributed by atoms with E-state index in [1.165, 1.54) is 6.21 Å². The molecule has 5 rings (SSSR count). The minimum Gasteiger partial charge on any atom is -0.389 e. The molecule has 3 aliphatic rings. The predicted molar refractivity (Wildman–Crippen MR) is 126 cm³/mol. The highest BCUT2D eigenvalue weighted by atomic mass is 19.3. The summed E-state index contributed by atoms with van der Waals surface area (Å²) in [4.78, 5) is 12.7. The first-order valence-electron chi connectivity index (χ1n) is 11.6. The van der Waals surface area contributed by atoms with Crippen molar-refractivity contribution in [1.29, 1.82) is 5.41 Å². The van der Waals surface area contributed by atoms with Crippen molar-refractivity contribution in [3.8, 4) is 0 Å². The molecule has 3 N–H and O–H groups in total. The van der Waals surface area contributed by atoms with E-state index in [2.05, 4.69) is 15.3 Å². The second kappa shape index (κ2) is 8.83. The zero-order valence-electron chi connectivity index (χ0n) is 19.4. The van der Waals surface area contributed by atoms with E-state index >= 15 is 8.78 Å². The molecule has 0 radical (unpaired) electrons. The molecular formula is C24H30F2N6O2. The number of hydrogen-bond donors (Lipinski definition) is 3. The van der Waals surface area contributed by atoms with Crippen LogP contribution in [-0.2, 0) is 4.74 Å². The Bertz CT molecular complexity index is 1090. The Morgan fingerprint density at radius 1 is 1.21 bits per heavy atom. The molecule has 1 atom stereocenters. The number of alkyl halides is 2. The summed E-state index contributed by atoms with van der Waals surface area (Å²) in [5.41, 5.74) is 2.52. The molecule has 0 saturated carbocycles. The quantitative estimate of drug-likeness (QED) is 0.556. The molecule has 0 aliphatic carbocycles. The van der Waals surface area contributed by atoms with Crippen LogP contribution in [0.3, 0.4) is 0 Å². The first-order valence-corrected chi connectivity index (χ1v) is 11.6. The molecule has 8 nitrogen and oxygen atoms in total. The van der Waals surface area contributed by atoms with Crippen molar-refractivity contribution in [1.82, 2.24) is 14.9 Å². The van der Waals surface area contributed by atoms with Crippen LogP contribution in [0.15, 0.2) is 18.2 Å². The van der Waals surface area contributed by atoms with Gasteiger partial charge in [-0.05, 0) is 50.1 Å². The van der Waals surface area contributed by atoms with Crippen LogP contribution in [0.25, 0.3) is 0 Å². The van der Waals surface area contributed by atoms with Gasteiger partial charge in [-0.2, -0.15) is 0 Å². The third-order valence-electron chi connectivity index (χ3n) is 7.01. The lowest BCUT2D eigenvalue weighted by atomic mass is 9.82. The second-order valence-corrected chi connectivity index (χ2v) is 9.55. The van der Waals surface area contributed by atoms with Crippen molar-refractivity contribution in [3.05, 3.63) is 40.7 Å². The number of aromatic nitrogens is 2. The summed E-state index contributed by atoms with van der Waals surface area (Å²) in [5, 5.41) is 20.7. The van der Waals surface area contributed by atoms with Gasteiger partial charge >= 0.3 is 0 Å². The molecule has 3 saturated heterocycles. The Labute approximate surface area is 197 Å². The molecule has 1 aromatic carbocycles. The number of benzene rings is 1. The summed E-state index contributed by atoms with van der Waals surface area (Å²) in [7, 11) is 0. The summed E-state index contributed by atoms with van der Waals surface area (Å²) in [6, 6.07) is 5.40. The van der Waals surface area contributed by atoms with Gasteiger partial charge in [0.15, 0.2) is 0 Å². The van der Waals surface area contributed by atoms with Crippen LogP contribution in [-0.4, -0.2) is 83.7 Å². The molecular weight excluding hydrogens is 442 g/mol. The molecule has 4 heterocycles. The van der Waals surface area contributed by atoms with Crippen molar-refractivity contribution in [3.63, 3.8) is 0 Å². The van der Waals surface area contributed by atoms with Gasteiger partial charge in [0.05, 0.1) is 37.8 Å². The molecule has 1 unspecified atom stereocenters. The fraction of sp³-hybridized carbons (Fsp3) is 0.542. The summed E-state index contributed by atoms with van der Waals surface area (Å²) < 4.78 is 35.8. The third kappa shape index (κ3) is 4.37. The number of aryl methyl sites for hydroxylation is 2. The first kappa shape index (κ1) is 23.1. The van der Waals surface area contributed by atoms with Crippen LogP contribution in [0.2, 0.25) is 0 Å². The van der Waals surface area contributed by atoms with Crippen molar-refractivity contribution in [2.75, 3.05) is 49.6 Å². The summed E-state index contributed by atoms with van der Waals surface area (Å²) in [6.07, 6.45) is 1.22. The zero-order valence-corrected chi connectivity index (χ0v) is 19.4. The number of hydrogen-bond acceptors (Lipinski definition) is 8. The van der Waals surface area contributed by atoms with Gasteiger partial charge in [-0.1, -0.05) is 0 Å². The number of halogens is 2. The van der Waals surface area contributed by atoms with Crippen molar-refractivity contribution in [2.45, 2.75) is 44.3 Å². The maximum Gasteiger partial charge on any atom is 0.267 e. The normalized spacial score (nSPS) is 23.3. The molecule has 1 aromatic heterocycles. The Kier molecular flexibility index (Phi) is 5.99. The molecule has 182 valence electrons. The van der Waals surface area contributed by atoms with E-state index < -0.39 is 11.8 Å². The van der Waals surface area contributed by atoms with Gasteiger partial charge in [0, 0.05) is 36.6 Å². The highest BCUT2D eigenvalue weighted by Crippen LogP contribution is 2.43. The van der Waals surface area contributed by atoms with E-state index in [0.717, 1.165) is 5.56 Å². The number of ether oxygens (including phenoxy) is 1. The van der Waals surface area contributed by atoms with Gasteiger partial charge in [-0.3, -0.25) is 4.90 Å². The van der Waals surface area contributed by atoms with E-state index in [4.69, 9.17) is 10.1 Å². The Morgan fingerprint density at radius 2 is 1.97 bits per heavy atom. The fourth-order valence-corrected chi connectivity index (χ4v) is 5.00. The van der Waals surface area contributed by atoms with Crippen molar-refractivity contribution in [2.24, 2.45) is 0 Å². The number of rotatable bonds is 6. The number of aliphatic hydroxyl groups is 1. The Balaban J connectivity index is 1.42. The van der Waals surface area contributed by atoms with Crippen LogP contribution in [0.5, 0.6) is 0 Å². The van der Waals surface area contributed by atoms with Crippen LogP contribution in [0.1, 0.15) is 34.9 Å². The molecule has 34 heavy (non-hydrogen) atoms. The van der Waals surface area contributed by atoms with Crippen LogP contribution < -0.4 is 10.2 Å². The summed E-state index contributed by atoms with van der Waals surface area (Å²) >= 11 is 0. The lowest BCUT2D eigenvalue weighted by Crippen LogP contribution is -2.57. The molecule has 2 aromatic rings. The van der Waals surface area contributed by atoms with Crippen LogP contribution in [0.4, 0.5) is 26.1 Å². The van der Waals surface area contributed by atoms with Gasteiger partial charge in [0.1, 0.15) is 17.5 Å². The standard InChI is InChI=1S/C24H30F2N6O2/c1-14-5-16(8-27)21(30-22-7-23(29-15(2)28-22)32-9-18(33)10-32)6-19(14)20-3-4-31(13-24(20,25)26)17-11-34-12-17/h5-8,17-18,20,27,33H,3-4,9-13H2,1-2H3,(H,28,29,30). The smallest absolute Gasteiger partial charge is 0.267 e. The monoisotopic (exact) mass is 472 g/mol. The van der Waals surface area contributed by atoms with E-state index in [1.54, 1.807) is 25.1 Å². The zero-order chi connectivity index (χ0) is 24.0. The van der Waals surface area contributed by atoms with E-state index in [1.807, 2.05) is 16.7 Å². The maximum atomic E-state index is 15.3. The van der Waals surface area contributed by atoms with Crippen molar-refractivity contribution < 1.29 is 18.6 Å². The molecule has 0 bridgehead atoms. The molecule has 0 spiro atoms. The fourth-order valence-electron chi connectivity index (χ4n) is 5.00. The molecule has 0 amide bonds. The number of likely N-dealkylation sites (tertiary alicyclic amines) is 1. The maximum absolute atomic E-state index is 15.3. The van der Waals surface area contributed by atoms with Gasteiger partial charge in [0.25, 0.3) is 5.92 Å². The average molecular weight is 473 g/mol. The van der Waals surface area contributed by atoms with Gasteiger partial charge in [-0.15, -0.1) is 0 Å². The summed E-state index contributed by atoms with van der Waals surface area (Å²) in [5.74, 6) is -1.98. The SMILES string of the molecule is Cc1nc(Nc2cc(C3CCN(C4COC4)CC3(F)F)c(C)cc2C=N)cc(N2CC(O)C2)n1. The van der Waals surface area contributed by atoms with Gasteiger partial charge in [0.2, 0.25) is 0 Å². The highest BCUT2D eigenvalue weighted by molar-refractivity contribution is 5.88. The predicted octanol–water partition coefficient (Wildman–Crippen LogP) is 2.84. The summed E-state index contributed by atoms with van der Waals surface area (Å²) in [6.45, 7) is 6.03. The van der Waals surface area contributed by atoms with Gasteiger partial charge < -0.3 is 25.5 Å². The van der Waals surface area contributed by atoms with Crippen LogP contribution >= 0.6 is 0 Å². The lowest BCUT2D eigenvalue weighted by Gasteiger charge is -2.45. The van der Waals surface area contributed by atoms with E-state index in [0.29, 0.717) is 73.5 Å². The minimum absolute atomic E-state index is 0.0909.